The number of ether oxygens (including phenoxy) is 1. The predicted octanol–water partition coefficient (Wildman–Crippen LogP) is 3.76. The summed E-state index contributed by atoms with van der Waals surface area (Å²) in [6.45, 7) is 3.79. The average Bonchev–Trinajstić information content (AvgIpc) is 3.45. The summed E-state index contributed by atoms with van der Waals surface area (Å²) in [5.74, 6) is -1.30. The van der Waals surface area contributed by atoms with Crippen molar-refractivity contribution in [3.8, 4) is 22.9 Å². The van der Waals surface area contributed by atoms with E-state index in [0.717, 1.165) is 31.5 Å². The Labute approximate surface area is 224 Å². The van der Waals surface area contributed by atoms with Gasteiger partial charge in [-0.05, 0) is 70.4 Å². The fourth-order valence-corrected chi connectivity index (χ4v) is 6.29. The number of nitrogens with two attached hydrogens (primary N) is 1. The van der Waals surface area contributed by atoms with Crippen LogP contribution in [-0.4, -0.2) is 65.1 Å². The molecule has 1 saturated carbocycles. The van der Waals surface area contributed by atoms with Crippen LogP contribution in [0.3, 0.4) is 0 Å². The summed E-state index contributed by atoms with van der Waals surface area (Å²) in [7, 11) is -2.49. The Hall–Kier alpha value is -3.23. The van der Waals surface area contributed by atoms with Gasteiger partial charge < -0.3 is 15.4 Å². The summed E-state index contributed by atoms with van der Waals surface area (Å²) in [4.78, 5) is 11.0. The number of sulfonamides is 1. The van der Waals surface area contributed by atoms with Gasteiger partial charge in [-0.15, -0.1) is 0 Å². The van der Waals surface area contributed by atoms with Crippen LogP contribution in [-0.2, 0) is 15.6 Å². The number of alkyl halides is 3. The predicted molar refractivity (Wildman–Crippen MR) is 139 cm³/mol. The molecule has 2 fully saturated rings. The van der Waals surface area contributed by atoms with Gasteiger partial charge >= 0.3 is 6.18 Å². The first-order valence-electron chi connectivity index (χ1n) is 12.5. The molecule has 2 aromatic heterocycles. The highest BCUT2D eigenvalue weighted by Gasteiger charge is 2.49. The Balaban J connectivity index is 1.37. The van der Waals surface area contributed by atoms with Crippen LogP contribution in [0.2, 0.25) is 0 Å². The maximum atomic E-state index is 12.8. The third-order valence-electron chi connectivity index (χ3n) is 7.00. The molecule has 10 nitrogen and oxygen atoms in total. The minimum Gasteiger partial charge on any atom is -0.433 e. The monoisotopic (exact) mass is 565 g/mol. The highest BCUT2D eigenvalue weighted by Crippen LogP contribution is 2.47. The summed E-state index contributed by atoms with van der Waals surface area (Å²) in [5.41, 5.74) is 7.31. The first-order valence-corrected chi connectivity index (χ1v) is 14.2. The van der Waals surface area contributed by atoms with Crippen LogP contribution >= 0.6 is 0 Å². The molecule has 0 amide bonds. The molecule has 1 saturated heterocycles. The number of aryl methyl sites for hydroxylation is 1. The summed E-state index contributed by atoms with van der Waals surface area (Å²) in [6.07, 6.45) is 2.78. The van der Waals surface area contributed by atoms with Crippen molar-refractivity contribution in [2.45, 2.75) is 50.4 Å². The molecule has 0 atom stereocenters. The molecule has 1 aliphatic heterocycles. The topological polar surface area (TPSA) is 128 Å². The molecule has 3 heterocycles. The van der Waals surface area contributed by atoms with Gasteiger partial charge in [0.25, 0.3) is 5.88 Å². The fraction of sp³-hybridized carbons (Fsp3) is 0.480. The lowest BCUT2D eigenvalue weighted by Gasteiger charge is -2.28. The molecular weight excluding hydrogens is 535 g/mol. The average molecular weight is 566 g/mol. The number of anilines is 1. The fourth-order valence-electron chi connectivity index (χ4n) is 4.87. The van der Waals surface area contributed by atoms with E-state index in [0.29, 0.717) is 35.4 Å². The molecule has 210 valence electrons. The number of nitrogens with one attached hydrogen (secondary N) is 1. The molecule has 2 aliphatic rings. The Morgan fingerprint density at radius 3 is 2.56 bits per heavy atom. The number of nitrogens with zero attached hydrogens (tertiary/aromatic N) is 5. The smallest absolute Gasteiger partial charge is 0.404 e. The van der Waals surface area contributed by atoms with Crippen molar-refractivity contribution in [2.24, 2.45) is 0 Å². The summed E-state index contributed by atoms with van der Waals surface area (Å²) in [5, 5.41) is 4.44. The zero-order chi connectivity index (χ0) is 28.0. The van der Waals surface area contributed by atoms with Crippen molar-refractivity contribution >= 4 is 15.8 Å². The largest absolute Gasteiger partial charge is 0.433 e. The van der Waals surface area contributed by atoms with Gasteiger partial charge in [0.05, 0.1) is 35.9 Å². The van der Waals surface area contributed by atoms with Gasteiger partial charge in [0, 0.05) is 5.56 Å². The van der Waals surface area contributed by atoms with Crippen molar-refractivity contribution in [3.63, 3.8) is 0 Å². The molecule has 3 aromatic rings. The van der Waals surface area contributed by atoms with Gasteiger partial charge in [-0.1, -0.05) is 11.6 Å². The lowest BCUT2D eigenvalue weighted by atomic mass is 9.98. The van der Waals surface area contributed by atoms with Gasteiger partial charge in [-0.2, -0.15) is 18.3 Å². The second-order valence-corrected chi connectivity index (χ2v) is 12.1. The Kier molecular flexibility index (Phi) is 7.06. The molecule has 5 rings (SSSR count). The van der Waals surface area contributed by atoms with Crippen LogP contribution in [0.15, 0.2) is 36.8 Å². The molecule has 1 aromatic carbocycles. The summed E-state index contributed by atoms with van der Waals surface area (Å²) < 4.78 is 72.8. The normalized spacial score (nSPS) is 18.3. The lowest BCUT2D eigenvalue weighted by Crippen LogP contribution is -2.40. The van der Waals surface area contributed by atoms with E-state index in [-0.39, 0.29) is 17.7 Å². The van der Waals surface area contributed by atoms with E-state index < -0.39 is 27.5 Å². The third-order valence-corrected chi connectivity index (χ3v) is 8.41. The molecule has 1 aliphatic carbocycles. The van der Waals surface area contributed by atoms with Crippen molar-refractivity contribution in [2.75, 3.05) is 31.6 Å². The SMILES string of the molecule is Cc1cc(-c2cnc(N)c(Oc3cnn(C4CCN(C)CC4)c3)n2)cc(C2(NS(=O)(=O)CC(F)(F)F)CC2)c1. The van der Waals surface area contributed by atoms with Gasteiger partial charge in [-0.25, -0.2) is 23.1 Å². The third kappa shape index (κ3) is 6.50. The van der Waals surface area contributed by atoms with Crippen LogP contribution in [0.1, 0.15) is 42.9 Å². The van der Waals surface area contributed by atoms with Crippen LogP contribution < -0.4 is 15.2 Å². The molecule has 0 radical (unpaired) electrons. The number of aromatic nitrogens is 4. The van der Waals surface area contributed by atoms with Gasteiger partial charge in [0.15, 0.2) is 17.3 Å². The van der Waals surface area contributed by atoms with E-state index in [1.54, 1.807) is 24.5 Å². The second kappa shape index (κ2) is 10.1. The second-order valence-electron chi connectivity index (χ2n) is 10.4. The number of nitrogen functional groups attached to an aromatic ring is 1. The Bertz CT molecular complexity index is 1460. The van der Waals surface area contributed by atoms with E-state index in [9.17, 15) is 21.6 Å². The van der Waals surface area contributed by atoms with E-state index >= 15 is 0 Å². The Morgan fingerprint density at radius 1 is 1.18 bits per heavy atom. The highest BCUT2D eigenvalue weighted by molar-refractivity contribution is 7.89. The van der Waals surface area contributed by atoms with Gasteiger partial charge in [0.1, 0.15) is 0 Å². The summed E-state index contributed by atoms with van der Waals surface area (Å²) in [6, 6.07) is 5.57. The van der Waals surface area contributed by atoms with Crippen LogP contribution in [0.25, 0.3) is 11.3 Å². The van der Waals surface area contributed by atoms with E-state index in [1.807, 2.05) is 17.7 Å². The number of piperidine rings is 1. The number of halogens is 3. The number of hydrogen-bond donors (Lipinski definition) is 2. The number of likely N-dealkylation sites (tertiary alicyclic amines) is 1. The van der Waals surface area contributed by atoms with Crippen LogP contribution in [0.4, 0.5) is 19.0 Å². The van der Waals surface area contributed by atoms with Crippen LogP contribution in [0, 0.1) is 6.92 Å². The minimum atomic E-state index is -4.83. The zero-order valence-corrected chi connectivity index (χ0v) is 22.4. The quantitative estimate of drug-likeness (QED) is 0.423. The molecule has 14 heteroatoms. The van der Waals surface area contributed by atoms with E-state index in [1.165, 1.54) is 6.20 Å². The number of benzene rings is 1. The van der Waals surface area contributed by atoms with Crippen molar-refractivity contribution in [1.82, 2.24) is 29.4 Å². The summed E-state index contributed by atoms with van der Waals surface area (Å²) >= 11 is 0. The highest BCUT2D eigenvalue weighted by atomic mass is 32.2. The number of hydrogen-bond acceptors (Lipinski definition) is 8. The van der Waals surface area contributed by atoms with Gasteiger partial charge in [-0.3, -0.25) is 4.68 Å². The van der Waals surface area contributed by atoms with Crippen molar-refractivity contribution in [1.29, 1.82) is 0 Å². The minimum absolute atomic E-state index is 0.0808. The Morgan fingerprint density at radius 2 is 1.90 bits per heavy atom. The molecule has 0 spiro atoms. The lowest BCUT2D eigenvalue weighted by molar-refractivity contribution is -0.106. The molecular formula is C25H30F3N7O3S. The number of rotatable bonds is 8. The van der Waals surface area contributed by atoms with Crippen LogP contribution in [0.5, 0.6) is 11.6 Å². The molecule has 39 heavy (non-hydrogen) atoms. The maximum Gasteiger partial charge on any atom is 0.404 e. The van der Waals surface area contributed by atoms with Crippen molar-refractivity contribution in [3.05, 3.63) is 47.9 Å². The first-order chi connectivity index (χ1) is 18.3. The molecule has 0 bridgehead atoms. The standard InChI is InChI=1S/C25H30F3N7O3S/c1-16-9-17(11-18(10-16)24(5-6-24)33-39(36,37)15-25(26,27)28)21-13-30-22(29)23(32-21)38-20-12-31-35(14-20)19-3-7-34(2)8-4-19/h9-14,19,33H,3-8,15H2,1-2H3,(H2,29,30). The van der Waals surface area contributed by atoms with Gasteiger partial charge in [0.2, 0.25) is 10.0 Å². The van der Waals surface area contributed by atoms with E-state index in [2.05, 4.69) is 31.7 Å². The molecule has 3 N–H and O–H groups in total. The zero-order valence-electron chi connectivity index (χ0n) is 21.6. The first kappa shape index (κ1) is 27.3. The van der Waals surface area contributed by atoms with Crippen molar-refractivity contribution < 1.29 is 26.3 Å². The molecule has 0 unspecified atom stereocenters. The van der Waals surface area contributed by atoms with E-state index in [4.69, 9.17) is 10.5 Å². The maximum absolute atomic E-state index is 12.8.